The number of ether oxygens (including phenoxy) is 1. The van der Waals surface area contributed by atoms with Crippen LogP contribution in [0.5, 0.6) is 5.75 Å². The van der Waals surface area contributed by atoms with Gasteiger partial charge in [-0.25, -0.2) is 4.39 Å². The van der Waals surface area contributed by atoms with E-state index in [2.05, 4.69) is 28.2 Å². The number of amides is 1. The predicted octanol–water partition coefficient (Wildman–Crippen LogP) is 6.15. The third-order valence-electron chi connectivity index (χ3n) is 4.74. The zero-order valence-electron chi connectivity index (χ0n) is 15.9. The van der Waals surface area contributed by atoms with E-state index in [1.165, 1.54) is 12.1 Å². The first-order valence-corrected chi connectivity index (χ1v) is 10.2. The summed E-state index contributed by atoms with van der Waals surface area (Å²) in [5.41, 5.74) is 2.63. The molecule has 4 nitrogen and oxygen atoms in total. The summed E-state index contributed by atoms with van der Waals surface area (Å²) in [7, 11) is 0. The van der Waals surface area contributed by atoms with Crippen molar-refractivity contribution < 1.29 is 13.9 Å². The summed E-state index contributed by atoms with van der Waals surface area (Å²) in [6.45, 7) is 2.70. The molecule has 6 heteroatoms. The number of carbonyl (C=O) groups is 1. The van der Waals surface area contributed by atoms with Gasteiger partial charge in [0.05, 0.1) is 12.2 Å². The van der Waals surface area contributed by atoms with Crippen molar-refractivity contribution in [3.05, 3.63) is 88.1 Å². The third-order valence-corrected chi connectivity index (χ3v) is 5.23. The Kier molecular flexibility index (Phi) is 5.53. The summed E-state index contributed by atoms with van der Waals surface area (Å²) < 4.78 is 20.4. The van der Waals surface area contributed by atoms with Crippen molar-refractivity contribution in [2.45, 2.75) is 19.5 Å². The summed E-state index contributed by atoms with van der Waals surface area (Å²) in [6, 6.07) is 19.2. The fraction of sp³-hybridized carbons (Fsp3) is 0.174. The number of nitrogens with zero attached hydrogens (tertiary/aromatic N) is 1. The fourth-order valence-corrected chi connectivity index (χ4v) is 3.73. The minimum atomic E-state index is -0.474. The zero-order valence-corrected chi connectivity index (χ0v) is 17.4. The van der Waals surface area contributed by atoms with E-state index in [0.717, 1.165) is 27.9 Å². The highest BCUT2D eigenvalue weighted by atomic mass is 79.9. The van der Waals surface area contributed by atoms with Crippen molar-refractivity contribution in [2.24, 2.45) is 0 Å². The minimum absolute atomic E-state index is 0.193. The smallest absolute Gasteiger partial charge is 0.262 e. The highest BCUT2D eigenvalue weighted by Crippen LogP contribution is 2.38. The molecule has 4 rings (SSSR count). The van der Waals surface area contributed by atoms with Crippen LogP contribution < -0.4 is 15.0 Å². The number of anilines is 2. The van der Waals surface area contributed by atoms with Crippen LogP contribution >= 0.6 is 15.9 Å². The van der Waals surface area contributed by atoms with Crippen LogP contribution in [0, 0.1) is 5.82 Å². The Bertz CT molecular complexity index is 1040. The first-order chi connectivity index (χ1) is 14.1. The Morgan fingerprint density at radius 2 is 1.90 bits per heavy atom. The van der Waals surface area contributed by atoms with E-state index in [4.69, 9.17) is 4.74 Å². The Labute approximate surface area is 177 Å². The maximum atomic E-state index is 13.9. The number of carbonyl (C=O) groups excluding carboxylic acids is 1. The first kappa shape index (κ1) is 19.5. The van der Waals surface area contributed by atoms with Crippen molar-refractivity contribution in [1.82, 2.24) is 0 Å². The van der Waals surface area contributed by atoms with Crippen LogP contribution in [0.3, 0.4) is 0 Å². The number of benzene rings is 3. The number of hydrogen-bond donors (Lipinski definition) is 1. The molecule has 0 spiro atoms. The molecule has 1 N–H and O–H groups in total. The molecule has 0 unspecified atom stereocenters. The van der Waals surface area contributed by atoms with E-state index >= 15 is 0 Å². The maximum Gasteiger partial charge on any atom is 0.262 e. The number of fused-ring (bicyclic) bond motifs is 1. The number of halogens is 2. The highest BCUT2D eigenvalue weighted by Gasteiger charge is 2.34. The Hall–Kier alpha value is -2.86. The lowest BCUT2D eigenvalue weighted by Gasteiger charge is -2.38. The predicted molar refractivity (Wildman–Crippen MR) is 116 cm³/mol. The summed E-state index contributed by atoms with van der Waals surface area (Å²) >= 11 is 3.42. The third kappa shape index (κ3) is 3.98. The van der Waals surface area contributed by atoms with Gasteiger partial charge in [0.25, 0.3) is 5.91 Å². The number of rotatable bonds is 5. The second-order valence-electron chi connectivity index (χ2n) is 6.81. The molecule has 0 fully saturated rings. The average molecular weight is 455 g/mol. The molecule has 3 aromatic carbocycles. The van der Waals surface area contributed by atoms with Crippen molar-refractivity contribution in [2.75, 3.05) is 16.8 Å². The van der Waals surface area contributed by atoms with Crippen LogP contribution in [-0.2, 0) is 0 Å². The van der Waals surface area contributed by atoms with E-state index < -0.39 is 12.0 Å². The zero-order chi connectivity index (χ0) is 20.4. The fourth-order valence-electron chi connectivity index (χ4n) is 3.37. The lowest BCUT2D eigenvalue weighted by atomic mass is 10.0. The second kappa shape index (κ2) is 8.25. The molecule has 3 aromatic rings. The van der Waals surface area contributed by atoms with E-state index in [-0.39, 0.29) is 5.91 Å². The van der Waals surface area contributed by atoms with Gasteiger partial charge in [-0.15, -0.1) is 0 Å². The molecular formula is C23H20BrFN2O2. The number of hydrogen-bond acceptors (Lipinski definition) is 3. The van der Waals surface area contributed by atoms with Gasteiger partial charge < -0.3 is 10.1 Å². The molecular weight excluding hydrogens is 435 g/mol. The van der Waals surface area contributed by atoms with E-state index in [1.807, 2.05) is 36.4 Å². The quantitative estimate of drug-likeness (QED) is 0.502. The van der Waals surface area contributed by atoms with E-state index in [9.17, 15) is 9.18 Å². The molecule has 29 heavy (non-hydrogen) atoms. The molecule has 0 radical (unpaired) electrons. The van der Waals surface area contributed by atoms with E-state index in [1.54, 1.807) is 23.1 Å². The Morgan fingerprint density at radius 3 is 2.62 bits per heavy atom. The molecule has 0 aliphatic carbocycles. The van der Waals surface area contributed by atoms with Gasteiger partial charge in [0, 0.05) is 15.8 Å². The van der Waals surface area contributed by atoms with Crippen LogP contribution in [0.25, 0.3) is 0 Å². The van der Waals surface area contributed by atoms with Crippen molar-refractivity contribution >= 4 is 33.2 Å². The lowest BCUT2D eigenvalue weighted by Crippen LogP contribution is -2.43. The van der Waals surface area contributed by atoms with Gasteiger partial charge in [0.2, 0.25) is 0 Å². The van der Waals surface area contributed by atoms with Gasteiger partial charge in [-0.2, -0.15) is 0 Å². The molecule has 0 saturated carbocycles. The van der Waals surface area contributed by atoms with Crippen molar-refractivity contribution in [3.8, 4) is 5.75 Å². The molecule has 1 amide bonds. The summed E-state index contributed by atoms with van der Waals surface area (Å²) in [5, 5.41) is 3.42. The van der Waals surface area contributed by atoms with Gasteiger partial charge in [0.15, 0.2) is 0 Å². The van der Waals surface area contributed by atoms with Crippen LogP contribution in [0.4, 0.5) is 15.8 Å². The summed E-state index contributed by atoms with van der Waals surface area (Å²) in [5.74, 6) is 0.193. The molecule has 0 saturated heterocycles. The average Bonchev–Trinajstić information content (AvgIpc) is 2.73. The van der Waals surface area contributed by atoms with Crippen LogP contribution in [0.15, 0.2) is 71.2 Å². The van der Waals surface area contributed by atoms with E-state index in [0.29, 0.717) is 17.9 Å². The molecule has 1 heterocycles. The van der Waals surface area contributed by atoms with Crippen molar-refractivity contribution in [3.63, 3.8) is 0 Å². The summed E-state index contributed by atoms with van der Waals surface area (Å²) in [4.78, 5) is 15.0. The SMILES string of the molecule is CCCOc1ccc([C@@H]2Nc3ccc(Br)cc3C(=O)N2c2cccc(F)c2)cc1. The van der Waals surface area contributed by atoms with Crippen LogP contribution in [0.2, 0.25) is 0 Å². The molecule has 0 aromatic heterocycles. The molecule has 0 bridgehead atoms. The van der Waals surface area contributed by atoms with Gasteiger partial charge in [-0.05, 0) is 60.5 Å². The Morgan fingerprint density at radius 1 is 1.10 bits per heavy atom. The molecule has 148 valence electrons. The Balaban J connectivity index is 1.77. The lowest BCUT2D eigenvalue weighted by molar-refractivity contribution is 0.0975. The summed E-state index contributed by atoms with van der Waals surface area (Å²) in [6.07, 6.45) is 0.457. The topological polar surface area (TPSA) is 41.6 Å². The normalized spacial score (nSPS) is 15.6. The van der Waals surface area contributed by atoms with Crippen molar-refractivity contribution in [1.29, 1.82) is 0 Å². The standard InChI is InChI=1S/C23H20BrFN2O2/c1-2-12-29-19-9-6-15(7-10-19)22-26-21-11-8-16(24)13-20(21)23(28)27(22)18-5-3-4-17(25)14-18/h3-11,13-14,22,26H,2,12H2,1H3/t22-/m1/s1. The van der Waals surface area contributed by atoms with Gasteiger partial charge in [0.1, 0.15) is 17.7 Å². The first-order valence-electron chi connectivity index (χ1n) is 9.45. The maximum absolute atomic E-state index is 13.9. The van der Waals surface area contributed by atoms with Gasteiger partial charge in [-0.3, -0.25) is 9.69 Å². The van der Waals surface area contributed by atoms with Crippen LogP contribution in [-0.4, -0.2) is 12.5 Å². The molecule has 1 aliphatic rings. The monoisotopic (exact) mass is 454 g/mol. The van der Waals surface area contributed by atoms with Crippen LogP contribution in [0.1, 0.15) is 35.4 Å². The molecule has 1 aliphatic heterocycles. The largest absolute Gasteiger partial charge is 0.494 e. The van der Waals surface area contributed by atoms with Gasteiger partial charge >= 0.3 is 0 Å². The second-order valence-corrected chi connectivity index (χ2v) is 7.72. The minimum Gasteiger partial charge on any atom is -0.494 e. The van der Waals surface area contributed by atoms with Gasteiger partial charge in [-0.1, -0.05) is 41.1 Å². The number of nitrogens with one attached hydrogen (secondary N) is 1. The highest BCUT2D eigenvalue weighted by molar-refractivity contribution is 9.10. The molecule has 1 atom stereocenters.